The van der Waals surface area contributed by atoms with Gasteiger partial charge in [0.25, 0.3) is 0 Å². The van der Waals surface area contributed by atoms with E-state index in [1.165, 1.54) is 0 Å². The molecular weight excluding hydrogens is 250 g/mol. The Hall–Kier alpha value is -0.870. The van der Waals surface area contributed by atoms with E-state index in [1.54, 1.807) is 13.3 Å². The van der Waals surface area contributed by atoms with Crippen molar-refractivity contribution in [1.82, 2.24) is 15.3 Å². The number of aromatic nitrogens is 2. The minimum Gasteiger partial charge on any atom is -0.467 e. The van der Waals surface area contributed by atoms with Gasteiger partial charge in [-0.3, -0.25) is 0 Å². The van der Waals surface area contributed by atoms with Crippen LogP contribution >= 0.6 is 11.6 Å². The zero-order valence-electron chi connectivity index (χ0n) is 11.4. The summed E-state index contributed by atoms with van der Waals surface area (Å²) in [5, 5.41) is 4.13. The standard InChI is InChI=1S/C13H22ClN3O/c1-4-6-10(15-7-5-2)8-12-11(14)9-16-13(17-12)18-3/h9-10,15H,4-8H2,1-3H3. The number of ether oxygens (including phenoxy) is 1. The summed E-state index contributed by atoms with van der Waals surface area (Å²) < 4.78 is 5.03. The minimum atomic E-state index is 0.375. The van der Waals surface area contributed by atoms with Crippen LogP contribution in [0.2, 0.25) is 5.02 Å². The molecule has 1 aromatic rings. The third kappa shape index (κ3) is 4.78. The average Bonchev–Trinajstić information content (AvgIpc) is 2.38. The second kappa shape index (κ2) is 8.27. The van der Waals surface area contributed by atoms with Gasteiger partial charge in [0.05, 0.1) is 24.0 Å². The van der Waals surface area contributed by atoms with Crippen molar-refractivity contribution >= 4 is 11.6 Å². The maximum atomic E-state index is 6.12. The van der Waals surface area contributed by atoms with E-state index in [1.807, 2.05) is 0 Å². The molecule has 1 aromatic heterocycles. The van der Waals surface area contributed by atoms with Gasteiger partial charge in [-0.2, -0.15) is 4.98 Å². The molecule has 1 atom stereocenters. The average molecular weight is 272 g/mol. The highest BCUT2D eigenvalue weighted by Crippen LogP contribution is 2.18. The SMILES string of the molecule is CCCNC(CCC)Cc1nc(OC)ncc1Cl. The number of rotatable bonds is 8. The molecule has 1 unspecified atom stereocenters. The van der Waals surface area contributed by atoms with Gasteiger partial charge in [0, 0.05) is 12.5 Å². The fourth-order valence-corrected chi connectivity index (χ4v) is 2.00. The molecule has 1 heterocycles. The van der Waals surface area contributed by atoms with Crippen molar-refractivity contribution in [2.24, 2.45) is 0 Å². The molecule has 0 bridgehead atoms. The number of nitrogens with zero attached hydrogens (tertiary/aromatic N) is 2. The van der Waals surface area contributed by atoms with E-state index in [2.05, 4.69) is 29.1 Å². The second-order valence-corrected chi connectivity index (χ2v) is 4.70. The van der Waals surface area contributed by atoms with Crippen molar-refractivity contribution < 1.29 is 4.74 Å². The predicted octanol–water partition coefficient (Wildman–Crippen LogP) is 2.85. The molecule has 0 fully saturated rings. The Kier molecular flexibility index (Phi) is 6.98. The van der Waals surface area contributed by atoms with Crippen molar-refractivity contribution in [3.63, 3.8) is 0 Å². The van der Waals surface area contributed by atoms with Gasteiger partial charge < -0.3 is 10.1 Å². The fraction of sp³-hybridized carbons (Fsp3) is 0.692. The Labute approximate surface area is 114 Å². The van der Waals surface area contributed by atoms with Gasteiger partial charge in [0.15, 0.2) is 0 Å². The lowest BCUT2D eigenvalue weighted by Crippen LogP contribution is -2.32. The van der Waals surface area contributed by atoms with Crippen LogP contribution in [0.4, 0.5) is 0 Å². The van der Waals surface area contributed by atoms with Crippen LogP contribution in [0.15, 0.2) is 6.20 Å². The molecule has 0 saturated carbocycles. The molecule has 1 rings (SSSR count). The van der Waals surface area contributed by atoms with Gasteiger partial charge in [0.1, 0.15) is 0 Å². The molecule has 5 heteroatoms. The molecule has 18 heavy (non-hydrogen) atoms. The molecule has 0 amide bonds. The van der Waals surface area contributed by atoms with Crippen molar-refractivity contribution in [2.75, 3.05) is 13.7 Å². The normalized spacial score (nSPS) is 12.4. The van der Waals surface area contributed by atoms with E-state index < -0.39 is 0 Å². The summed E-state index contributed by atoms with van der Waals surface area (Å²) in [7, 11) is 1.56. The molecule has 0 aliphatic heterocycles. The van der Waals surface area contributed by atoms with Crippen molar-refractivity contribution in [3.05, 3.63) is 16.9 Å². The van der Waals surface area contributed by atoms with Crippen LogP contribution in [0.1, 0.15) is 38.8 Å². The van der Waals surface area contributed by atoms with Crippen LogP contribution < -0.4 is 10.1 Å². The van der Waals surface area contributed by atoms with Gasteiger partial charge >= 0.3 is 6.01 Å². The molecule has 0 aliphatic rings. The summed E-state index contributed by atoms with van der Waals surface area (Å²) in [5.74, 6) is 0. The van der Waals surface area contributed by atoms with Crippen LogP contribution in [0.5, 0.6) is 6.01 Å². The zero-order valence-corrected chi connectivity index (χ0v) is 12.1. The van der Waals surface area contributed by atoms with E-state index >= 15 is 0 Å². The molecule has 0 spiro atoms. The molecule has 0 saturated heterocycles. The first kappa shape index (κ1) is 15.2. The predicted molar refractivity (Wildman–Crippen MR) is 74.3 cm³/mol. The van der Waals surface area contributed by atoms with Crippen molar-refractivity contribution in [2.45, 2.75) is 45.6 Å². The molecule has 4 nitrogen and oxygen atoms in total. The molecule has 0 aliphatic carbocycles. The van der Waals surface area contributed by atoms with Crippen LogP contribution in [0.3, 0.4) is 0 Å². The van der Waals surface area contributed by atoms with Gasteiger partial charge in [-0.05, 0) is 19.4 Å². The lowest BCUT2D eigenvalue weighted by atomic mass is 10.1. The van der Waals surface area contributed by atoms with E-state index in [9.17, 15) is 0 Å². The number of hydrogen-bond acceptors (Lipinski definition) is 4. The lowest BCUT2D eigenvalue weighted by Gasteiger charge is -2.18. The van der Waals surface area contributed by atoms with E-state index in [0.717, 1.165) is 37.9 Å². The van der Waals surface area contributed by atoms with E-state index in [4.69, 9.17) is 16.3 Å². The summed E-state index contributed by atoms with van der Waals surface area (Å²) >= 11 is 6.12. The Morgan fingerprint density at radius 1 is 1.39 bits per heavy atom. The van der Waals surface area contributed by atoms with Crippen LogP contribution in [-0.4, -0.2) is 29.7 Å². The summed E-state index contributed by atoms with van der Waals surface area (Å²) in [6.45, 7) is 5.37. The van der Waals surface area contributed by atoms with E-state index in [-0.39, 0.29) is 0 Å². The third-order valence-corrected chi connectivity index (χ3v) is 3.05. The maximum Gasteiger partial charge on any atom is 0.316 e. The third-order valence-electron chi connectivity index (χ3n) is 2.74. The van der Waals surface area contributed by atoms with Crippen molar-refractivity contribution in [3.8, 4) is 6.01 Å². The van der Waals surface area contributed by atoms with Gasteiger partial charge in [-0.15, -0.1) is 0 Å². The fourth-order valence-electron chi connectivity index (χ4n) is 1.83. The summed E-state index contributed by atoms with van der Waals surface area (Å²) in [6.07, 6.45) is 5.79. The summed E-state index contributed by atoms with van der Waals surface area (Å²) in [4.78, 5) is 8.30. The number of hydrogen-bond donors (Lipinski definition) is 1. The number of methoxy groups -OCH3 is 1. The van der Waals surface area contributed by atoms with Crippen LogP contribution in [0.25, 0.3) is 0 Å². The monoisotopic (exact) mass is 271 g/mol. The highest BCUT2D eigenvalue weighted by molar-refractivity contribution is 6.31. The number of halogens is 1. The molecule has 102 valence electrons. The van der Waals surface area contributed by atoms with Crippen LogP contribution in [-0.2, 0) is 6.42 Å². The highest BCUT2D eigenvalue weighted by atomic mass is 35.5. The maximum absolute atomic E-state index is 6.12. The Balaban J connectivity index is 2.72. The van der Waals surface area contributed by atoms with Gasteiger partial charge in [-0.1, -0.05) is 31.9 Å². The topological polar surface area (TPSA) is 47.0 Å². The first-order chi connectivity index (χ1) is 8.71. The summed E-state index contributed by atoms with van der Waals surface area (Å²) in [6, 6.07) is 0.784. The smallest absolute Gasteiger partial charge is 0.316 e. The lowest BCUT2D eigenvalue weighted by molar-refractivity contribution is 0.376. The van der Waals surface area contributed by atoms with E-state index in [0.29, 0.717) is 17.1 Å². The Bertz CT molecular complexity index is 360. The molecular formula is C13H22ClN3O. The minimum absolute atomic E-state index is 0.375. The highest BCUT2D eigenvalue weighted by Gasteiger charge is 2.13. The molecule has 1 N–H and O–H groups in total. The quantitative estimate of drug-likeness (QED) is 0.790. The Morgan fingerprint density at radius 2 is 2.17 bits per heavy atom. The first-order valence-electron chi connectivity index (χ1n) is 6.50. The van der Waals surface area contributed by atoms with Gasteiger partial charge in [0.2, 0.25) is 0 Å². The first-order valence-corrected chi connectivity index (χ1v) is 6.87. The molecule has 0 aromatic carbocycles. The molecule has 0 radical (unpaired) electrons. The zero-order chi connectivity index (χ0) is 13.4. The summed E-state index contributed by atoms with van der Waals surface area (Å²) in [5.41, 5.74) is 0.852. The number of nitrogens with one attached hydrogen (secondary N) is 1. The Morgan fingerprint density at radius 3 is 2.78 bits per heavy atom. The second-order valence-electron chi connectivity index (χ2n) is 4.30. The van der Waals surface area contributed by atoms with Crippen molar-refractivity contribution in [1.29, 1.82) is 0 Å². The van der Waals surface area contributed by atoms with Crippen LogP contribution in [0, 0.1) is 0 Å². The van der Waals surface area contributed by atoms with Gasteiger partial charge in [-0.25, -0.2) is 4.98 Å². The largest absolute Gasteiger partial charge is 0.467 e.